The van der Waals surface area contributed by atoms with E-state index in [0.717, 1.165) is 12.8 Å². The molecule has 0 spiro atoms. The summed E-state index contributed by atoms with van der Waals surface area (Å²) in [6.45, 7) is 1.65. The zero-order valence-electron chi connectivity index (χ0n) is 25.2. The lowest BCUT2D eigenvalue weighted by Crippen LogP contribution is -2.39. The first kappa shape index (κ1) is 31.2. The molecule has 12 nitrogen and oxygen atoms in total. The molecule has 4 aromatic heterocycles. The number of imidazole rings is 1. The van der Waals surface area contributed by atoms with Crippen LogP contribution in [0.15, 0.2) is 33.7 Å². The Balaban J connectivity index is 1.18. The van der Waals surface area contributed by atoms with Gasteiger partial charge in [-0.25, -0.2) is 27.9 Å². The molecule has 5 heterocycles. The third-order valence-electron chi connectivity index (χ3n) is 9.41. The molecule has 4 aromatic rings. The van der Waals surface area contributed by atoms with Crippen LogP contribution in [0.1, 0.15) is 96.0 Å². The van der Waals surface area contributed by atoms with Crippen molar-refractivity contribution in [2.24, 2.45) is 11.3 Å². The Labute approximate surface area is 263 Å². The number of oxazole rings is 1. The maximum absolute atomic E-state index is 14.1. The molecule has 2 saturated carbocycles. The summed E-state index contributed by atoms with van der Waals surface area (Å²) < 4.78 is 81.2. The molecule has 2 N–H and O–H groups in total. The van der Waals surface area contributed by atoms with Crippen molar-refractivity contribution in [2.75, 3.05) is 0 Å². The summed E-state index contributed by atoms with van der Waals surface area (Å²) in [5.41, 5.74) is 0.0749. The molecule has 0 bridgehead atoms. The van der Waals surface area contributed by atoms with Gasteiger partial charge in [-0.1, -0.05) is 5.16 Å². The highest BCUT2D eigenvalue weighted by Crippen LogP contribution is 2.44. The molecular formula is C30H31F5N8O4. The molecule has 3 fully saturated rings. The lowest BCUT2D eigenvalue weighted by Gasteiger charge is -2.33. The van der Waals surface area contributed by atoms with Gasteiger partial charge in [0.15, 0.2) is 17.2 Å². The van der Waals surface area contributed by atoms with E-state index < -0.39 is 47.8 Å². The molecule has 250 valence electrons. The van der Waals surface area contributed by atoms with Crippen LogP contribution in [0.4, 0.5) is 22.0 Å². The Kier molecular flexibility index (Phi) is 7.54. The molecule has 7 rings (SSSR count). The Hall–Kier alpha value is -4.44. The molecule has 17 heteroatoms. The van der Waals surface area contributed by atoms with Crippen LogP contribution >= 0.6 is 0 Å². The van der Waals surface area contributed by atoms with Gasteiger partial charge in [-0.3, -0.25) is 9.59 Å². The van der Waals surface area contributed by atoms with Gasteiger partial charge < -0.3 is 15.1 Å². The predicted octanol–water partition coefficient (Wildman–Crippen LogP) is 4.81. The second kappa shape index (κ2) is 11.4. The van der Waals surface area contributed by atoms with Crippen LogP contribution < -0.4 is 10.6 Å². The number of fused-ring (bicyclic) bond motifs is 1. The van der Waals surface area contributed by atoms with Crippen molar-refractivity contribution in [3.05, 3.63) is 59.0 Å². The van der Waals surface area contributed by atoms with Gasteiger partial charge in [-0.15, -0.1) is 0 Å². The zero-order valence-corrected chi connectivity index (χ0v) is 25.2. The number of carbonyl (C=O) groups excluding carboxylic acids is 2. The first-order valence-electron chi connectivity index (χ1n) is 15.4. The smallest absolute Gasteiger partial charge is 0.408 e. The highest BCUT2D eigenvalue weighted by atomic mass is 19.4. The largest absolute Gasteiger partial charge is 0.446 e. The number of hydrogen-bond donors (Lipinski definition) is 2. The molecular weight excluding hydrogens is 631 g/mol. The van der Waals surface area contributed by atoms with Gasteiger partial charge in [0.25, 0.3) is 5.91 Å². The number of halogens is 5. The number of aromatic nitrogens is 6. The van der Waals surface area contributed by atoms with E-state index in [9.17, 15) is 31.5 Å². The first-order valence-corrected chi connectivity index (χ1v) is 15.4. The number of rotatable bonds is 9. The van der Waals surface area contributed by atoms with Crippen LogP contribution in [0, 0.1) is 18.3 Å². The number of alkyl halides is 5. The molecule has 1 saturated heterocycles. The lowest BCUT2D eigenvalue weighted by atomic mass is 9.76. The average molecular weight is 663 g/mol. The molecule has 2 amide bonds. The average Bonchev–Trinajstić information content (AvgIpc) is 3.31. The van der Waals surface area contributed by atoms with Crippen molar-refractivity contribution in [3.8, 4) is 0 Å². The maximum Gasteiger partial charge on any atom is 0.408 e. The minimum absolute atomic E-state index is 0.0429. The van der Waals surface area contributed by atoms with E-state index >= 15 is 0 Å². The molecule has 0 unspecified atom stereocenters. The number of hydrogen-bond acceptors (Lipinski definition) is 9. The summed E-state index contributed by atoms with van der Waals surface area (Å²) in [5.74, 6) is -3.83. The quantitative estimate of drug-likeness (QED) is 0.241. The van der Waals surface area contributed by atoms with Gasteiger partial charge in [0.05, 0.1) is 35.7 Å². The first-order chi connectivity index (χ1) is 22.3. The molecule has 3 atom stereocenters. The summed E-state index contributed by atoms with van der Waals surface area (Å²) in [5, 5.41) is 17.1. The van der Waals surface area contributed by atoms with Gasteiger partial charge in [-0.05, 0) is 68.2 Å². The van der Waals surface area contributed by atoms with Gasteiger partial charge in [0.1, 0.15) is 17.5 Å². The van der Waals surface area contributed by atoms with Gasteiger partial charge in [-0.2, -0.15) is 18.3 Å². The molecule has 2 aliphatic carbocycles. The predicted molar refractivity (Wildman–Crippen MR) is 150 cm³/mol. The van der Waals surface area contributed by atoms with Crippen molar-refractivity contribution in [1.82, 2.24) is 40.5 Å². The molecule has 1 aliphatic heterocycles. The molecule has 3 aliphatic rings. The van der Waals surface area contributed by atoms with Gasteiger partial charge >= 0.3 is 6.18 Å². The highest BCUT2D eigenvalue weighted by molar-refractivity contribution is 5.93. The number of amides is 2. The normalized spacial score (nSPS) is 24.0. The number of aryl methyl sites for hydroxylation is 1. The van der Waals surface area contributed by atoms with E-state index in [1.54, 1.807) is 19.2 Å². The molecule has 47 heavy (non-hydrogen) atoms. The summed E-state index contributed by atoms with van der Waals surface area (Å²) in [4.78, 5) is 35.4. The Morgan fingerprint density at radius 2 is 1.91 bits per heavy atom. The Bertz CT molecular complexity index is 1800. The summed E-state index contributed by atoms with van der Waals surface area (Å²) >= 11 is 0. The number of nitrogens with one attached hydrogen (secondary N) is 2. The van der Waals surface area contributed by atoms with Crippen LogP contribution in [-0.2, 0) is 17.6 Å². The van der Waals surface area contributed by atoms with E-state index in [-0.39, 0.29) is 61.9 Å². The second-order valence-electron chi connectivity index (χ2n) is 13.0. The molecule has 0 radical (unpaired) electrons. The van der Waals surface area contributed by atoms with Crippen molar-refractivity contribution in [1.29, 1.82) is 0 Å². The Morgan fingerprint density at radius 3 is 2.57 bits per heavy atom. The standard InChI is InChI=1S/C30H31F5N8O4/c1-15-12-36-22(46-15)11-28(10-20(30(33,34)35)39-27(28)45)9-16-8-21-38-19(14-43(21)37-13-16)23(18-4-6-29(31,32)7-5-18)40-26(44)25-24(17-2-3-17)41-47-42-25/h8,12-14,17-18,20,23H,2-7,9-11H2,1H3,(H,39,45)(H,40,44)/t20-,23-,28-/m0/s1. The fourth-order valence-electron chi connectivity index (χ4n) is 6.77. The van der Waals surface area contributed by atoms with E-state index in [0.29, 0.717) is 28.4 Å². The number of carbonyl (C=O) groups is 2. The van der Waals surface area contributed by atoms with Crippen molar-refractivity contribution >= 4 is 17.5 Å². The highest BCUT2D eigenvalue weighted by Gasteiger charge is 2.56. The van der Waals surface area contributed by atoms with Gasteiger partial charge in [0, 0.05) is 25.2 Å². The van der Waals surface area contributed by atoms with Gasteiger partial charge in [0.2, 0.25) is 11.8 Å². The fraction of sp³-hybridized carbons (Fsp3) is 0.567. The monoisotopic (exact) mass is 662 g/mol. The molecule has 0 aromatic carbocycles. The fourth-order valence-corrected chi connectivity index (χ4v) is 6.77. The maximum atomic E-state index is 14.1. The zero-order chi connectivity index (χ0) is 33.1. The van der Waals surface area contributed by atoms with E-state index in [2.05, 4.69) is 36.0 Å². The summed E-state index contributed by atoms with van der Waals surface area (Å²) in [6.07, 6.45) is 0.300. The van der Waals surface area contributed by atoms with Crippen molar-refractivity contribution in [3.63, 3.8) is 0 Å². The van der Waals surface area contributed by atoms with E-state index in [1.807, 2.05) is 0 Å². The van der Waals surface area contributed by atoms with Crippen LogP contribution in [0.25, 0.3) is 5.65 Å². The van der Waals surface area contributed by atoms with Crippen LogP contribution in [0.5, 0.6) is 0 Å². The van der Waals surface area contributed by atoms with E-state index in [1.165, 1.54) is 16.9 Å². The van der Waals surface area contributed by atoms with Crippen LogP contribution in [0.2, 0.25) is 0 Å². The van der Waals surface area contributed by atoms with Crippen molar-refractivity contribution in [2.45, 2.75) is 94.8 Å². The third kappa shape index (κ3) is 6.31. The second-order valence-corrected chi connectivity index (χ2v) is 13.0. The van der Waals surface area contributed by atoms with Crippen LogP contribution in [0.3, 0.4) is 0 Å². The minimum Gasteiger partial charge on any atom is -0.446 e. The SMILES string of the molecule is Cc1cnc(C[C@]2(Cc3cnn4cc([C@@H](NC(=O)c5nonc5C5CC5)C5CCC(F)(F)CC5)nc4c3)C[C@@H](C(F)(F)F)NC2=O)o1. The third-order valence-corrected chi connectivity index (χ3v) is 9.41. The van der Waals surface area contributed by atoms with Crippen LogP contribution in [-0.4, -0.2) is 59.9 Å². The van der Waals surface area contributed by atoms with E-state index in [4.69, 9.17) is 9.05 Å². The Morgan fingerprint density at radius 1 is 1.15 bits per heavy atom. The topological polar surface area (TPSA) is 153 Å². The summed E-state index contributed by atoms with van der Waals surface area (Å²) in [6, 6.07) is -1.21. The minimum atomic E-state index is -4.64. The lowest BCUT2D eigenvalue weighted by molar-refractivity contribution is -0.155. The van der Waals surface area contributed by atoms with Crippen molar-refractivity contribution < 1.29 is 40.6 Å². The number of nitrogens with zero attached hydrogens (tertiary/aromatic N) is 6. The summed E-state index contributed by atoms with van der Waals surface area (Å²) in [7, 11) is 0.